The fourth-order valence-corrected chi connectivity index (χ4v) is 3.45. The second-order valence-corrected chi connectivity index (χ2v) is 6.86. The van der Waals surface area contributed by atoms with E-state index in [-0.39, 0.29) is 12.4 Å². The van der Waals surface area contributed by atoms with Crippen LogP contribution in [0.4, 0.5) is 23.7 Å². The van der Waals surface area contributed by atoms with Crippen LogP contribution in [0.5, 0.6) is 11.5 Å². The monoisotopic (exact) mass is 417 g/mol. The minimum absolute atomic E-state index is 0.0155. The van der Waals surface area contributed by atoms with Gasteiger partial charge in [0.1, 0.15) is 0 Å². The average Bonchev–Trinajstić information content (AvgIpc) is 2.68. The average molecular weight is 417 g/mol. The first kappa shape index (κ1) is 19.8. The number of hydrogen-bond donors (Lipinski definition) is 2. The van der Waals surface area contributed by atoms with Crippen LogP contribution in [0.2, 0.25) is 0 Å². The molecule has 1 unspecified atom stereocenters. The summed E-state index contributed by atoms with van der Waals surface area (Å²) >= 11 is 0. The van der Waals surface area contributed by atoms with E-state index in [1.165, 1.54) is 12.1 Å². The molecule has 1 aromatic heterocycles. The van der Waals surface area contributed by atoms with Crippen molar-refractivity contribution in [1.82, 2.24) is 10.3 Å². The van der Waals surface area contributed by atoms with Crippen LogP contribution in [0.25, 0.3) is 10.8 Å². The molecule has 9 heteroatoms. The van der Waals surface area contributed by atoms with E-state index in [4.69, 9.17) is 4.74 Å². The maximum Gasteiger partial charge on any atom is 0.573 e. The maximum atomic E-state index is 12.7. The third kappa shape index (κ3) is 4.24. The van der Waals surface area contributed by atoms with E-state index in [1.807, 2.05) is 19.1 Å². The first-order valence-corrected chi connectivity index (χ1v) is 9.24. The fourth-order valence-electron chi connectivity index (χ4n) is 3.45. The van der Waals surface area contributed by atoms with E-state index in [9.17, 15) is 18.0 Å². The van der Waals surface area contributed by atoms with E-state index >= 15 is 0 Å². The molecule has 2 aromatic carbocycles. The summed E-state index contributed by atoms with van der Waals surface area (Å²) in [6, 6.07) is 10.6. The van der Waals surface area contributed by atoms with Crippen molar-refractivity contribution in [2.24, 2.45) is 0 Å². The SMILES string of the molecule is Cc1cc2c(NC(=O)NC3CCOc4c(OC(F)(F)F)cccc43)cccc2cn1. The molecule has 0 saturated heterocycles. The van der Waals surface area contributed by atoms with Crippen molar-refractivity contribution in [2.45, 2.75) is 25.7 Å². The molecule has 0 saturated carbocycles. The van der Waals surface area contributed by atoms with Crippen LogP contribution in [-0.2, 0) is 0 Å². The van der Waals surface area contributed by atoms with Gasteiger partial charge in [0.15, 0.2) is 11.5 Å². The minimum Gasteiger partial charge on any atom is -0.489 e. The van der Waals surface area contributed by atoms with Gasteiger partial charge in [-0.2, -0.15) is 0 Å². The summed E-state index contributed by atoms with van der Waals surface area (Å²) in [7, 11) is 0. The van der Waals surface area contributed by atoms with Gasteiger partial charge in [0.2, 0.25) is 0 Å². The number of urea groups is 1. The van der Waals surface area contributed by atoms with Crippen molar-refractivity contribution in [3.63, 3.8) is 0 Å². The predicted molar refractivity (Wildman–Crippen MR) is 105 cm³/mol. The van der Waals surface area contributed by atoms with Crippen LogP contribution in [0.15, 0.2) is 48.7 Å². The van der Waals surface area contributed by atoms with Gasteiger partial charge in [0.05, 0.1) is 18.3 Å². The first-order valence-electron chi connectivity index (χ1n) is 9.24. The van der Waals surface area contributed by atoms with Crippen LogP contribution >= 0.6 is 0 Å². The number of benzene rings is 2. The van der Waals surface area contributed by atoms with Crippen LogP contribution in [0.3, 0.4) is 0 Å². The Bertz CT molecular complexity index is 1100. The molecular weight excluding hydrogens is 399 g/mol. The highest BCUT2D eigenvalue weighted by atomic mass is 19.4. The highest BCUT2D eigenvalue weighted by Crippen LogP contribution is 2.41. The fraction of sp³-hybridized carbons (Fsp3) is 0.238. The second kappa shape index (κ2) is 7.74. The Morgan fingerprint density at radius 2 is 2.03 bits per heavy atom. The summed E-state index contributed by atoms with van der Waals surface area (Å²) in [5, 5.41) is 7.34. The van der Waals surface area contributed by atoms with Crippen LogP contribution in [-0.4, -0.2) is 24.0 Å². The van der Waals surface area contributed by atoms with Crippen molar-refractivity contribution in [3.8, 4) is 11.5 Å². The zero-order chi connectivity index (χ0) is 21.3. The molecule has 3 aromatic rings. The number of amides is 2. The van der Waals surface area contributed by atoms with Gasteiger partial charge < -0.3 is 20.1 Å². The number of para-hydroxylation sites is 1. The lowest BCUT2D eigenvalue weighted by atomic mass is 10.00. The van der Waals surface area contributed by atoms with Crippen LogP contribution in [0, 0.1) is 6.92 Å². The quantitative estimate of drug-likeness (QED) is 0.623. The summed E-state index contributed by atoms with van der Waals surface area (Å²) < 4.78 is 47.4. The van der Waals surface area contributed by atoms with Gasteiger partial charge in [-0.3, -0.25) is 4.98 Å². The molecule has 6 nitrogen and oxygen atoms in total. The number of pyridine rings is 1. The first-order chi connectivity index (χ1) is 14.3. The highest BCUT2D eigenvalue weighted by Gasteiger charge is 2.34. The number of hydrogen-bond acceptors (Lipinski definition) is 4. The summed E-state index contributed by atoms with van der Waals surface area (Å²) in [5.41, 5.74) is 1.85. The number of anilines is 1. The molecule has 156 valence electrons. The molecule has 1 aliphatic heterocycles. The van der Waals surface area contributed by atoms with Gasteiger partial charge in [0, 0.05) is 34.6 Å². The number of aryl methyl sites for hydroxylation is 1. The Morgan fingerprint density at radius 1 is 1.23 bits per heavy atom. The molecule has 0 spiro atoms. The number of carbonyl (C=O) groups excluding carboxylic acids is 1. The number of rotatable bonds is 3. The van der Waals surface area contributed by atoms with Crippen molar-refractivity contribution >= 4 is 22.5 Å². The molecule has 0 aliphatic carbocycles. The van der Waals surface area contributed by atoms with Gasteiger partial charge in [-0.25, -0.2) is 4.79 Å². The van der Waals surface area contributed by atoms with E-state index in [0.717, 1.165) is 16.5 Å². The third-order valence-electron chi connectivity index (χ3n) is 4.72. The van der Waals surface area contributed by atoms with Crippen LogP contribution < -0.4 is 20.1 Å². The van der Waals surface area contributed by atoms with Crippen molar-refractivity contribution in [2.75, 3.05) is 11.9 Å². The number of aromatic nitrogens is 1. The molecule has 2 amide bonds. The highest BCUT2D eigenvalue weighted by molar-refractivity contribution is 6.01. The summed E-state index contributed by atoms with van der Waals surface area (Å²) in [6.07, 6.45) is -2.70. The standard InChI is InChI=1S/C21H18F3N3O3/c1-12-10-15-13(11-25-12)4-2-6-16(15)26-20(28)27-17-8-9-29-19-14(17)5-3-7-18(19)30-21(22,23)24/h2-7,10-11,17H,8-9H2,1H3,(H2,26,27,28). The smallest absolute Gasteiger partial charge is 0.489 e. The summed E-state index contributed by atoms with van der Waals surface area (Å²) in [5.74, 6) is -0.442. The predicted octanol–water partition coefficient (Wildman–Crippen LogP) is 5.09. The summed E-state index contributed by atoms with van der Waals surface area (Å²) in [6.45, 7) is 2.01. The molecule has 0 fully saturated rings. The number of alkyl halides is 3. The topological polar surface area (TPSA) is 72.5 Å². The molecule has 4 rings (SSSR count). The number of nitrogens with zero attached hydrogens (tertiary/aromatic N) is 1. The molecule has 2 heterocycles. The number of fused-ring (bicyclic) bond motifs is 2. The molecule has 2 N–H and O–H groups in total. The number of nitrogens with one attached hydrogen (secondary N) is 2. The zero-order valence-corrected chi connectivity index (χ0v) is 15.9. The molecule has 0 radical (unpaired) electrons. The van der Waals surface area contributed by atoms with Gasteiger partial charge >= 0.3 is 12.4 Å². The van der Waals surface area contributed by atoms with Gasteiger partial charge in [0.25, 0.3) is 0 Å². The number of carbonyl (C=O) groups is 1. The molecular formula is C21H18F3N3O3. The van der Waals surface area contributed by atoms with Gasteiger partial charge in [-0.15, -0.1) is 13.2 Å². The largest absolute Gasteiger partial charge is 0.573 e. The molecule has 1 atom stereocenters. The number of ether oxygens (including phenoxy) is 2. The van der Waals surface area contributed by atoms with E-state index in [2.05, 4.69) is 20.4 Å². The van der Waals surface area contributed by atoms with E-state index < -0.39 is 24.2 Å². The minimum atomic E-state index is -4.84. The third-order valence-corrected chi connectivity index (χ3v) is 4.72. The lowest BCUT2D eigenvalue weighted by Crippen LogP contribution is -2.35. The number of halogens is 3. The normalized spacial score (nSPS) is 15.8. The zero-order valence-electron chi connectivity index (χ0n) is 15.9. The molecule has 30 heavy (non-hydrogen) atoms. The van der Waals surface area contributed by atoms with Gasteiger partial charge in [-0.1, -0.05) is 24.3 Å². The lowest BCUT2D eigenvalue weighted by Gasteiger charge is -2.28. The van der Waals surface area contributed by atoms with Crippen LogP contribution in [0.1, 0.15) is 23.7 Å². The van der Waals surface area contributed by atoms with Gasteiger partial charge in [-0.05, 0) is 25.1 Å². The molecule has 1 aliphatic rings. The van der Waals surface area contributed by atoms with Crippen molar-refractivity contribution < 1.29 is 27.4 Å². The van der Waals surface area contributed by atoms with E-state index in [1.54, 1.807) is 24.4 Å². The Morgan fingerprint density at radius 3 is 2.83 bits per heavy atom. The van der Waals surface area contributed by atoms with Crippen molar-refractivity contribution in [1.29, 1.82) is 0 Å². The Hall–Kier alpha value is -3.49. The summed E-state index contributed by atoms with van der Waals surface area (Å²) in [4.78, 5) is 16.9. The van der Waals surface area contributed by atoms with Crippen molar-refractivity contribution in [3.05, 3.63) is 59.9 Å². The Kier molecular flexibility index (Phi) is 5.11. The Labute approximate surface area is 170 Å². The second-order valence-electron chi connectivity index (χ2n) is 6.86. The molecule has 0 bridgehead atoms. The lowest BCUT2D eigenvalue weighted by molar-refractivity contribution is -0.275. The maximum absolute atomic E-state index is 12.7. The Balaban J connectivity index is 1.55. The van der Waals surface area contributed by atoms with E-state index in [0.29, 0.717) is 17.7 Å².